The summed E-state index contributed by atoms with van der Waals surface area (Å²) >= 11 is 0. The lowest BCUT2D eigenvalue weighted by Crippen LogP contribution is -2.45. The smallest absolute Gasteiger partial charge is 0.427 e. The van der Waals surface area contributed by atoms with Gasteiger partial charge < -0.3 is 20.1 Å². The van der Waals surface area contributed by atoms with Gasteiger partial charge in [-0.2, -0.15) is 0 Å². The van der Waals surface area contributed by atoms with E-state index in [1.165, 1.54) is 6.08 Å². The Morgan fingerprint density at radius 2 is 1.60 bits per heavy atom. The van der Waals surface area contributed by atoms with Crippen molar-refractivity contribution in [2.24, 2.45) is 0 Å². The molecule has 1 aliphatic carbocycles. The maximum Gasteiger partial charge on any atom is 0.460 e. The van der Waals surface area contributed by atoms with Crippen molar-refractivity contribution in [3.8, 4) is 0 Å². The molecule has 1 aromatic carbocycles. The van der Waals surface area contributed by atoms with Crippen LogP contribution < -0.4 is 0 Å². The molecule has 2 rings (SSSR count). The monoisotopic (exact) mass is 270 g/mol. The normalized spacial score (nSPS) is 17.1. The number of hydrogen-bond acceptors (Lipinski definition) is 4. The van der Waals surface area contributed by atoms with E-state index in [1.54, 1.807) is 12.2 Å². The van der Waals surface area contributed by atoms with Crippen molar-refractivity contribution in [1.82, 2.24) is 0 Å². The van der Waals surface area contributed by atoms with Gasteiger partial charge in [-0.15, -0.1) is 0 Å². The van der Waals surface area contributed by atoms with Crippen LogP contribution in [0.3, 0.4) is 0 Å². The average Bonchev–Trinajstić information content (AvgIpc) is 2.46. The standard InChI is InChI=1S/C14H16B2O4/c17-15(18)14(16(19)20)10-8-13(9-11-14)7-6-12-4-2-1-3-5-12/h1-10,17-20H,11H2. The molecule has 1 aromatic rings. The molecular formula is C14H16B2O4. The van der Waals surface area contributed by atoms with Crippen LogP contribution in [0.2, 0.25) is 5.21 Å². The Labute approximate surface area is 118 Å². The minimum atomic E-state index is -1.82. The molecule has 0 atom stereocenters. The second-order valence-electron chi connectivity index (χ2n) is 4.85. The van der Waals surface area contributed by atoms with Gasteiger partial charge in [0.2, 0.25) is 0 Å². The van der Waals surface area contributed by atoms with Crippen molar-refractivity contribution in [2.75, 3.05) is 0 Å². The summed E-state index contributed by atoms with van der Waals surface area (Å²) < 4.78 is 0. The van der Waals surface area contributed by atoms with Gasteiger partial charge >= 0.3 is 14.2 Å². The van der Waals surface area contributed by atoms with Crippen molar-refractivity contribution in [2.45, 2.75) is 11.6 Å². The van der Waals surface area contributed by atoms with Gasteiger partial charge in [-0.1, -0.05) is 60.7 Å². The second-order valence-corrected chi connectivity index (χ2v) is 4.85. The highest BCUT2D eigenvalue weighted by Crippen LogP contribution is 2.39. The third-order valence-corrected chi connectivity index (χ3v) is 3.51. The highest BCUT2D eigenvalue weighted by molar-refractivity contribution is 6.69. The molecule has 0 aliphatic heterocycles. The summed E-state index contributed by atoms with van der Waals surface area (Å²) in [5.74, 6) is 0. The highest BCUT2D eigenvalue weighted by Gasteiger charge is 2.49. The summed E-state index contributed by atoms with van der Waals surface area (Å²) in [6, 6.07) is 9.78. The number of benzene rings is 1. The molecule has 6 heteroatoms. The molecule has 20 heavy (non-hydrogen) atoms. The molecular weight excluding hydrogens is 254 g/mol. The fourth-order valence-corrected chi connectivity index (χ4v) is 2.08. The molecule has 0 aromatic heterocycles. The highest BCUT2D eigenvalue weighted by atomic mass is 16.4. The van der Waals surface area contributed by atoms with E-state index < -0.39 is 19.5 Å². The number of hydrogen-bond donors (Lipinski definition) is 4. The predicted molar refractivity (Wildman–Crippen MR) is 80.4 cm³/mol. The molecule has 0 spiro atoms. The van der Waals surface area contributed by atoms with Crippen molar-refractivity contribution in [3.63, 3.8) is 0 Å². The molecule has 0 amide bonds. The second kappa shape index (κ2) is 6.24. The fourth-order valence-electron chi connectivity index (χ4n) is 2.08. The van der Waals surface area contributed by atoms with Gasteiger partial charge in [-0.3, -0.25) is 0 Å². The van der Waals surface area contributed by atoms with Crippen LogP contribution >= 0.6 is 0 Å². The lowest BCUT2D eigenvalue weighted by Gasteiger charge is -2.29. The first-order valence-corrected chi connectivity index (χ1v) is 6.39. The third-order valence-electron chi connectivity index (χ3n) is 3.51. The SMILES string of the molecule is OB(O)C1(B(O)O)C=CC(C=Cc2ccccc2)=CC1. The largest absolute Gasteiger partial charge is 0.460 e. The van der Waals surface area contributed by atoms with Gasteiger partial charge in [-0.25, -0.2) is 0 Å². The summed E-state index contributed by atoms with van der Waals surface area (Å²) in [5.41, 5.74) is 1.94. The Balaban J connectivity index is 2.11. The first kappa shape index (κ1) is 14.8. The van der Waals surface area contributed by atoms with Crippen molar-refractivity contribution in [1.29, 1.82) is 0 Å². The summed E-state index contributed by atoms with van der Waals surface area (Å²) in [4.78, 5) is 0. The summed E-state index contributed by atoms with van der Waals surface area (Å²) in [6.45, 7) is 0. The molecule has 0 heterocycles. The average molecular weight is 270 g/mol. The van der Waals surface area contributed by atoms with Crippen molar-refractivity contribution >= 4 is 20.3 Å². The van der Waals surface area contributed by atoms with Gasteiger partial charge in [0, 0.05) is 0 Å². The molecule has 0 saturated heterocycles. The first-order chi connectivity index (χ1) is 9.54. The number of rotatable bonds is 4. The molecule has 102 valence electrons. The van der Waals surface area contributed by atoms with Crippen LogP contribution in [-0.4, -0.2) is 34.3 Å². The zero-order valence-electron chi connectivity index (χ0n) is 10.9. The predicted octanol–water partition coefficient (Wildman–Crippen LogP) is 0.811. The van der Waals surface area contributed by atoms with E-state index in [4.69, 9.17) is 0 Å². The van der Waals surface area contributed by atoms with E-state index >= 15 is 0 Å². The van der Waals surface area contributed by atoms with Gasteiger partial charge in [0.1, 0.15) is 0 Å². The molecule has 0 bridgehead atoms. The summed E-state index contributed by atoms with van der Waals surface area (Å²) in [7, 11) is -3.65. The van der Waals surface area contributed by atoms with E-state index in [0.717, 1.165) is 11.1 Å². The minimum absolute atomic E-state index is 0.146. The number of allylic oxidation sites excluding steroid dienone is 5. The fraction of sp³-hybridized carbons (Fsp3) is 0.143. The van der Waals surface area contributed by atoms with Gasteiger partial charge in [0.05, 0.1) is 5.21 Å². The van der Waals surface area contributed by atoms with Crippen LogP contribution in [0.25, 0.3) is 6.08 Å². The van der Waals surface area contributed by atoms with Crippen LogP contribution in [0.4, 0.5) is 0 Å². The molecule has 0 saturated carbocycles. The minimum Gasteiger partial charge on any atom is -0.427 e. The van der Waals surface area contributed by atoms with Gasteiger partial charge in [-0.05, 0) is 17.6 Å². The van der Waals surface area contributed by atoms with Crippen molar-refractivity contribution in [3.05, 3.63) is 65.8 Å². The van der Waals surface area contributed by atoms with E-state index in [1.807, 2.05) is 42.5 Å². The van der Waals surface area contributed by atoms with Crippen molar-refractivity contribution < 1.29 is 20.1 Å². The van der Waals surface area contributed by atoms with Crippen LogP contribution in [0.5, 0.6) is 0 Å². The van der Waals surface area contributed by atoms with E-state index in [-0.39, 0.29) is 6.42 Å². The summed E-state index contributed by atoms with van der Waals surface area (Å²) in [6.07, 6.45) is 8.82. The molecule has 0 radical (unpaired) electrons. The van der Waals surface area contributed by atoms with Crippen LogP contribution in [0.15, 0.2) is 60.2 Å². The zero-order chi connectivity index (χ0) is 14.6. The Kier molecular flexibility index (Phi) is 4.62. The van der Waals surface area contributed by atoms with E-state index in [9.17, 15) is 20.1 Å². The molecule has 4 nitrogen and oxygen atoms in total. The zero-order valence-corrected chi connectivity index (χ0v) is 10.9. The Bertz CT molecular complexity index is 527. The molecule has 0 unspecified atom stereocenters. The van der Waals surface area contributed by atoms with Gasteiger partial charge in [0.15, 0.2) is 0 Å². The molecule has 4 N–H and O–H groups in total. The maximum atomic E-state index is 9.33. The Morgan fingerprint density at radius 1 is 0.950 bits per heavy atom. The lowest BCUT2D eigenvalue weighted by atomic mass is 9.37. The molecule has 0 fully saturated rings. The Morgan fingerprint density at radius 3 is 2.10 bits per heavy atom. The Hall–Kier alpha value is -1.59. The van der Waals surface area contributed by atoms with Gasteiger partial charge in [0.25, 0.3) is 0 Å². The first-order valence-electron chi connectivity index (χ1n) is 6.39. The van der Waals surface area contributed by atoms with Crippen LogP contribution in [0, 0.1) is 0 Å². The lowest BCUT2D eigenvalue weighted by molar-refractivity contribution is 0.334. The third kappa shape index (κ3) is 3.11. The summed E-state index contributed by atoms with van der Waals surface area (Å²) in [5, 5.41) is 35.9. The van der Waals surface area contributed by atoms with E-state index in [2.05, 4.69) is 0 Å². The quantitative estimate of drug-likeness (QED) is 0.610. The maximum absolute atomic E-state index is 9.33. The van der Waals surface area contributed by atoms with E-state index in [0.29, 0.717) is 0 Å². The topological polar surface area (TPSA) is 80.9 Å². The molecule has 1 aliphatic rings. The van der Waals surface area contributed by atoms with Crippen LogP contribution in [-0.2, 0) is 0 Å². The van der Waals surface area contributed by atoms with Crippen LogP contribution in [0.1, 0.15) is 12.0 Å².